The van der Waals surface area contributed by atoms with E-state index >= 15 is 0 Å². The van der Waals surface area contributed by atoms with Crippen molar-refractivity contribution >= 4 is 0 Å². The highest BCUT2D eigenvalue weighted by atomic mass is 14.7. The van der Waals surface area contributed by atoms with Gasteiger partial charge in [0.1, 0.15) is 0 Å². The molecule has 0 saturated heterocycles. The van der Waals surface area contributed by atoms with Crippen LogP contribution in [0.2, 0.25) is 0 Å². The van der Waals surface area contributed by atoms with Gasteiger partial charge in [-0.25, -0.2) is 0 Å². The Labute approximate surface area is 83.7 Å². The number of nitrogens with zero attached hydrogens (tertiary/aromatic N) is 2. The zero-order chi connectivity index (χ0) is 9.97. The van der Waals surface area contributed by atoms with E-state index in [2.05, 4.69) is 22.1 Å². The summed E-state index contributed by atoms with van der Waals surface area (Å²) in [5, 5.41) is 0. The van der Waals surface area contributed by atoms with Gasteiger partial charge in [-0.3, -0.25) is 9.97 Å². The van der Waals surface area contributed by atoms with Crippen molar-refractivity contribution in [3.8, 4) is 11.1 Å². The molecule has 0 amide bonds. The molecular formula is C12H12N2. The van der Waals surface area contributed by atoms with Crippen LogP contribution in [-0.2, 0) is 0 Å². The second kappa shape index (κ2) is 3.58. The summed E-state index contributed by atoms with van der Waals surface area (Å²) in [6.45, 7) is 4.04. The van der Waals surface area contributed by atoms with E-state index in [4.69, 9.17) is 0 Å². The maximum atomic E-state index is 4.17. The third-order valence-corrected chi connectivity index (χ3v) is 2.10. The van der Waals surface area contributed by atoms with E-state index in [0.29, 0.717) is 0 Å². The van der Waals surface area contributed by atoms with Gasteiger partial charge in [0.25, 0.3) is 0 Å². The Morgan fingerprint density at radius 3 is 2.57 bits per heavy atom. The molecule has 2 aromatic heterocycles. The van der Waals surface area contributed by atoms with Crippen LogP contribution in [0.1, 0.15) is 11.3 Å². The highest BCUT2D eigenvalue weighted by Gasteiger charge is 1.98. The Balaban J connectivity index is 2.49. The minimum Gasteiger partial charge on any atom is -0.264 e. The minimum atomic E-state index is 1.03. The van der Waals surface area contributed by atoms with Gasteiger partial charge in [-0.2, -0.15) is 0 Å². The van der Waals surface area contributed by atoms with Crippen molar-refractivity contribution in [2.45, 2.75) is 13.8 Å². The molecular weight excluding hydrogens is 172 g/mol. The topological polar surface area (TPSA) is 25.8 Å². The molecule has 2 heteroatoms. The molecule has 0 aliphatic heterocycles. The Morgan fingerprint density at radius 1 is 1.00 bits per heavy atom. The van der Waals surface area contributed by atoms with Crippen LogP contribution >= 0.6 is 0 Å². The minimum absolute atomic E-state index is 1.03. The summed E-state index contributed by atoms with van der Waals surface area (Å²) in [7, 11) is 0. The molecule has 0 aliphatic carbocycles. The number of aryl methyl sites for hydroxylation is 2. The second-order valence-electron chi connectivity index (χ2n) is 3.44. The highest BCUT2D eigenvalue weighted by Crippen LogP contribution is 2.18. The van der Waals surface area contributed by atoms with E-state index < -0.39 is 0 Å². The van der Waals surface area contributed by atoms with Gasteiger partial charge in [0.2, 0.25) is 0 Å². The average molecular weight is 184 g/mol. The van der Waals surface area contributed by atoms with Crippen LogP contribution in [-0.4, -0.2) is 9.97 Å². The monoisotopic (exact) mass is 184 g/mol. The summed E-state index contributed by atoms with van der Waals surface area (Å²) in [5.41, 5.74) is 4.53. The smallest absolute Gasteiger partial charge is 0.0378 e. The number of pyridine rings is 2. The first-order valence-corrected chi connectivity index (χ1v) is 4.60. The van der Waals surface area contributed by atoms with Crippen molar-refractivity contribution in [2.75, 3.05) is 0 Å². The Hall–Kier alpha value is -1.70. The Morgan fingerprint density at radius 2 is 1.86 bits per heavy atom. The van der Waals surface area contributed by atoms with Gasteiger partial charge in [-0.15, -0.1) is 0 Å². The van der Waals surface area contributed by atoms with Crippen LogP contribution in [0.15, 0.2) is 36.8 Å². The summed E-state index contributed by atoms with van der Waals surface area (Å²) in [6, 6.07) is 6.20. The Kier molecular flexibility index (Phi) is 2.27. The fraction of sp³-hybridized carbons (Fsp3) is 0.167. The van der Waals surface area contributed by atoms with Gasteiger partial charge in [0.05, 0.1) is 0 Å². The lowest BCUT2D eigenvalue weighted by Gasteiger charge is -2.02. The van der Waals surface area contributed by atoms with Crippen LogP contribution in [0.25, 0.3) is 11.1 Å². The Bertz CT molecular complexity index is 406. The molecule has 0 aromatic carbocycles. The number of hydrogen-bond donors (Lipinski definition) is 0. The lowest BCUT2D eigenvalue weighted by molar-refractivity contribution is 1.20. The molecule has 0 fully saturated rings. The van der Waals surface area contributed by atoms with E-state index in [1.165, 1.54) is 11.1 Å². The van der Waals surface area contributed by atoms with Crippen molar-refractivity contribution in [1.29, 1.82) is 0 Å². The van der Waals surface area contributed by atoms with Gasteiger partial charge in [0.15, 0.2) is 0 Å². The number of rotatable bonds is 1. The summed E-state index contributed by atoms with van der Waals surface area (Å²) in [4.78, 5) is 8.34. The van der Waals surface area contributed by atoms with Gasteiger partial charge in [-0.1, -0.05) is 0 Å². The van der Waals surface area contributed by atoms with Crippen LogP contribution in [0, 0.1) is 13.8 Å². The molecule has 0 N–H and O–H groups in total. The van der Waals surface area contributed by atoms with Gasteiger partial charge in [0, 0.05) is 29.8 Å². The van der Waals surface area contributed by atoms with Crippen LogP contribution in [0.3, 0.4) is 0 Å². The lowest BCUT2D eigenvalue weighted by atomic mass is 10.1. The standard InChI is InChI=1S/C12H12N2/c1-9-5-12(8-13-7-9)11-3-4-14-10(2)6-11/h3-8H,1-2H3. The third-order valence-electron chi connectivity index (χ3n) is 2.10. The first-order chi connectivity index (χ1) is 6.75. The fourth-order valence-corrected chi connectivity index (χ4v) is 1.44. The molecule has 2 aromatic rings. The molecule has 0 saturated carbocycles. The van der Waals surface area contributed by atoms with Crippen molar-refractivity contribution in [2.24, 2.45) is 0 Å². The molecule has 0 atom stereocenters. The maximum Gasteiger partial charge on any atom is 0.0378 e. The normalized spacial score (nSPS) is 10.1. The molecule has 0 radical (unpaired) electrons. The molecule has 0 aliphatic rings. The van der Waals surface area contributed by atoms with Crippen molar-refractivity contribution < 1.29 is 0 Å². The number of aromatic nitrogens is 2. The predicted octanol–water partition coefficient (Wildman–Crippen LogP) is 2.76. The zero-order valence-electron chi connectivity index (χ0n) is 8.36. The van der Waals surface area contributed by atoms with Crippen LogP contribution in [0.5, 0.6) is 0 Å². The van der Waals surface area contributed by atoms with E-state index in [1.807, 2.05) is 38.5 Å². The van der Waals surface area contributed by atoms with E-state index in [1.54, 1.807) is 0 Å². The van der Waals surface area contributed by atoms with Crippen molar-refractivity contribution in [1.82, 2.24) is 9.97 Å². The summed E-state index contributed by atoms with van der Waals surface area (Å²) in [5.74, 6) is 0. The summed E-state index contributed by atoms with van der Waals surface area (Å²) in [6.07, 6.45) is 5.56. The van der Waals surface area contributed by atoms with E-state index in [0.717, 1.165) is 11.3 Å². The summed E-state index contributed by atoms with van der Waals surface area (Å²) >= 11 is 0. The first kappa shape index (κ1) is 8.88. The average Bonchev–Trinajstić information content (AvgIpc) is 2.18. The lowest BCUT2D eigenvalue weighted by Crippen LogP contribution is -1.85. The molecule has 0 spiro atoms. The number of hydrogen-bond acceptors (Lipinski definition) is 2. The van der Waals surface area contributed by atoms with Crippen molar-refractivity contribution in [3.63, 3.8) is 0 Å². The zero-order valence-corrected chi connectivity index (χ0v) is 8.36. The van der Waals surface area contributed by atoms with E-state index in [9.17, 15) is 0 Å². The highest BCUT2D eigenvalue weighted by molar-refractivity contribution is 5.62. The molecule has 2 rings (SSSR count). The molecule has 2 nitrogen and oxygen atoms in total. The molecule has 0 unspecified atom stereocenters. The maximum absolute atomic E-state index is 4.17. The first-order valence-electron chi connectivity index (χ1n) is 4.60. The van der Waals surface area contributed by atoms with Gasteiger partial charge in [-0.05, 0) is 43.2 Å². The molecule has 70 valence electrons. The second-order valence-corrected chi connectivity index (χ2v) is 3.44. The molecule has 2 heterocycles. The van der Waals surface area contributed by atoms with Crippen LogP contribution in [0.4, 0.5) is 0 Å². The molecule has 0 bridgehead atoms. The predicted molar refractivity (Wildman–Crippen MR) is 56.9 cm³/mol. The third kappa shape index (κ3) is 1.79. The summed E-state index contributed by atoms with van der Waals surface area (Å²) < 4.78 is 0. The van der Waals surface area contributed by atoms with Gasteiger partial charge < -0.3 is 0 Å². The molecule has 14 heavy (non-hydrogen) atoms. The van der Waals surface area contributed by atoms with E-state index in [-0.39, 0.29) is 0 Å². The fourth-order valence-electron chi connectivity index (χ4n) is 1.44. The SMILES string of the molecule is Cc1cncc(-c2ccnc(C)c2)c1. The van der Waals surface area contributed by atoms with Gasteiger partial charge >= 0.3 is 0 Å². The van der Waals surface area contributed by atoms with Crippen molar-refractivity contribution in [3.05, 3.63) is 48.0 Å². The van der Waals surface area contributed by atoms with Crippen LogP contribution < -0.4 is 0 Å². The quantitative estimate of drug-likeness (QED) is 0.681. The largest absolute Gasteiger partial charge is 0.264 e.